The Morgan fingerprint density at radius 1 is 0.950 bits per heavy atom. The number of nitrogens with zero attached hydrogens (tertiary/aromatic N) is 5. The van der Waals surface area contributed by atoms with Gasteiger partial charge in [-0.15, -0.1) is 0 Å². The van der Waals surface area contributed by atoms with Crippen molar-refractivity contribution in [2.75, 3.05) is 10.6 Å². The number of hydrogen-bond acceptors (Lipinski definition) is 8. The average Bonchev–Trinajstić information content (AvgIpc) is 2.93. The van der Waals surface area contributed by atoms with E-state index in [1.165, 1.54) is 6.33 Å². The Bertz CT molecular complexity index is 1800. The Kier molecular flexibility index (Phi) is 7.47. The van der Waals surface area contributed by atoms with Crippen molar-refractivity contribution in [3.63, 3.8) is 0 Å². The largest absolute Gasteiger partial charge is 0.353 e. The Morgan fingerprint density at radius 3 is 2.33 bits per heavy atom. The first-order valence-corrected chi connectivity index (χ1v) is 12.9. The van der Waals surface area contributed by atoms with Crippen LogP contribution >= 0.6 is 23.2 Å². The highest BCUT2D eigenvalue weighted by atomic mass is 35.5. The van der Waals surface area contributed by atoms with Crippen LogP contribution in [0.4, 0.5) is 28.7 Å². The summed E-state index contributed by atoms with van der Waals surface area (Å²) in [6.45, 7) is 3.69. The van der Waals surface area contributed by atoms with Gasteiger partial charge in [0.15, 0.2) is 0 Å². The van der Waals surface area contributed by atoms with Crippen molar-refractivity contribution in [3.05, 3.63) is 116 Å². The molecule has 0 saturated carbocycles. The summed E-state index contributed by atoms with van der Waals surface area (Å²) in [7, 11) is 0. The first-order chi connectivity index (χ1) is 19.2. The lowest BCUT2D eigenvalue weighted by atomic mass is 9.91. The molecule has 0 amide bonds. The summed E-state index contributed by atoms with van der Waals surface area (Å²) < 4.78 is 0. The molecule has 0 radical (unpaired) electrons. The Labute approximate surface area is 239 Å². The molecule has 3 aromatic carbocycles. The fourth-order valence-electron chi connectivity index (χ4n) is 4.37. The molecule has 0 aliphatic heterocycles. The standard InChI is InChI=1S/C29H21Cl2N7O2/c1-16-12-21(22(14-32)18-8-10-20(30)11-9-18)23(31)13-25(16)37-29-27(38(39)40)28(33-15-34-29)36-24-5-3-4-19-7-6-17(2)35-26(19)24/h3-13,15,22H,1-2H3,(H2,33,34,36,37). The summed E-state index contributed by atoms with van der Waals surface area (Å²) >= 11 is 12.6. The van der Waals surface area contributed by atoms with Gasteiger partial charge in [-0.1, -0.05) is 59.6 Å². The number of halogens is 2. The molecular weight excluding hydrogens is 549 g/mol. The molecule has 0 fully saturated rings. The minimum atomic E-state index is -0.625. The van der Waals surface area contributed by atoms with Gasteiger partial charge in [-0.2, -0.15) is 5.26 Å². The van der Waals surface area contributed by atoms with Crippen LogP contribution in [0.1, 0.15) is 28.3 Å². The Hall–Kier alpha value is -4.78. The maximum atomic E-state index is 12.2. The zero-order chi connectivity index (χ0) is 28.4. The molecular formula is C29H21Cl2N7O2. The number of hydrogen-bond donors (Lipinski definition) is 2. The van der Waals surface area contributed by atoms with Crippen LogP contribution in [0.5, 0.6) is 0 Å². The van der Waals surface area contributed by atoms with Gasteiger partial charge in [-0.3, -0.25) is 15.1 Å². The molecule has 9 nitrogen and oxygen atoms in total. The highest BCUT2D eigenvalue weighted by Gasteiger charge is 2.25. The molecule has 1 unspecified atom stereocenters. The molecule has 0 aliphatic carbocycles. The third-order valence-electron chi connectivity index (χ3n) is 6.36. The number of nitrogens with one attached hydrogen (secondary N) is 2. The summed E-state index contributed by atoms with van der Waals surface area (Å²) in [4.78, 5) is 24.5. The average molecular weight is 570 g/mol. The van der Waals surface area contributed by atoms with Gasteiger partial charge >= 0.3 is 5.69 Å². The number of para-hydroxylation sites is 1. The van der Waals surface area contributed by atoms with E-state index < -0.39 is 10.8 Å². The van der Waals surface area contributed by atoms with Crippen LogP contribution in [0.3, 0.4) is 0 Å². The zero-order valence-corrected chi connectivity index (χ0v) is 22.8. The number of benzene rings is 3. The highest BCUT2D eigenvalue weighted by molar-refractivity contribution is 6.32. The van der Waals surface area contributed by atoms with Crippen molar-refractivity contribution < 1.29 is 4.92 Å². The molecule has 198 valence electrons. The fraction of sp³-hybridized carbons (Fsp3) is 0.103. The molecule has 2 aromatic heterocycles. The smallest absolute Gasteiger partial charge is 0.334 e. The number of rotatable bonds is 7. The van der Waals surface area contributed by atoms with Gasteiger partial charge in [0.2, 0.25) is 11.6 Å². The van der Waals surface area contributed by atoms with E-state index >= 15 is 0 Å². The molecule has 0 bridgehead atoms. The SMILES string of the molecule is Cc1ccc2cccc(Nc3ncnc(Nc4cc(Cl)c(C(C#N)c5ccc(Cl)cc5)cc4C)c3[N+](=O)[O-])c2n1. The molecule has 0 aliphatic rings. The third kappa shape index (κ3) is 5.36. The number of pyridine rings is 1. The first-order valence-electron chi connectivity index (χ1n) is 12.1. The van der Waals surface area contributed by atoms with Crippen molar-refractivity contribution in [2.24, 2.45) is 0 Å². The van der Waals surface area contributed by atoms with Crippen LogP contribution in [0.25, 0.3) is 10.9 Å². The van der Waals surface area contributed by atoms with E-state index in [2.05, 4.69) is 31.7 Å². The highest BCUT2D eigenvalue weighted by Crippen LogP contribution is 2.38. The molecule has 0 saturated heterocycles. The van der Waals surface area contributed by atoms with Gasteiger partial charge in [0.05, 0.1) is 28.1 Å². The molecule has 1 atom stereocenters. The second kappa shape index (κ2) is 11.1. The minimum Gasteiger partial charge on any atom is -0.334 e. The second-order valence-corrected chi connectivity index (χ2v) is 9.90. The van der Waals surface area contributed by atoms with Gasteiger partial charge in [-0.05, 0) is 60.9 Å². The molecule has 2 heterocycles. The second-order valence-electron chi connectivity index (χ2n) is 9.06. The summed E-state index contributed by atoms with van der Waals surface area (Å²) in [5.41, 5.74) is 4.26. The molecule has 11 heteroatoms. The van der Waals surface area contributed by atoms with Crippen LogP contribution < -0.4 is 10.6 Å². The van der Waals surface area contributed by atoms with E-state index in [1.807, 2.05) is 38.1 Å². The number of fused-ring (bicyclic) bond motifs is 1. The summed E-state index contributed by atoms with van der Waals surface area (Å²) in [5.74, 6) is -0.640. The van der Waals surface area contributed by atoms with E-state index in [0.717, 1.165) is 16.6 Å². The van der Waals surface area contributed by atoms with E-state index in [0.29, 0.717) is 38.1 Å². The van der Waals surface area contributed by atoms with E-state index in [1.54, 1.807) is 42.5 Å². The number of nitro groups is 1. The van der Waals surface area contributed by atoms with Crippen LogP contribution in [0, 0.1) is 35.3 Å². The molecule has 2 N–H and O–H groups in total. The van der Waals surface area contributed by atoms with Crippen LogP contribution in [0.2, 0.25) is 10.0 Å². The lowest BCUT2D eigenvalue weighted by Gasteiger charge is -2.17. The zero-order valence-electron chi connectivity index (χ0n) is 21.3. The van der Waals surface area contributed by atoms with Crippen molar-refractivity contribution in [1.82, 2.24) is 15.0 Å². The van der Waals surface area contributed by atoms with E-state index in [4.69, 9.17) is 23.2 Å². The van der Waals surface area contributed by atoms with Crippen LogP contribution in [-0.4, -0.2) is 19.9 Å². The molecule has 40 heavy (non-hydrogen) atoms. The minimum absolute atomic E-state index is 0.00552. The normalized spacial score (nSPS) is 11.6. The van der Waals surface area contributed by atoms with Gasteiger partial charge in [0.25, 0.3) is 0 Å². The predicted octanol–water partition coefficient (Wildman–Crippen LogP) is 8.00. The number of anilines is 4. The maximum Gasteiger partial charge on any atom is 0.353 e. The summed E-state index contributed by atoms with van der Waals surface area (Å²) in [6, 6.07) is 22.0. The number of aryl methyl sites for hydroxylation is 2. The fourth-order valence-corrected chi connectivity index (χ4v) is 4.77. The molecule has 5 aromatic rings. The van der Waals surface area contributed by atoms with Crippen molar-refractivity contribution >= 4 is 62.8 Å². The lowest BCUT2D eigenvalue weighted by Crippen LogP contribution is -2.07. The van der Waals surface area contributed by atoms with Gasteiger partial charge < -0.3 is 10.6 Å². The molecule has 0 spiro atoms. The monoisotopic (exact) mass is 569 g/mol. The van der Waals surface area contributed by atoms with Gasteiger partial charge in [-0.25, -0.2) is 9.97 Å². The maximum absolute atomic E-state index is 12.2. The van der Waals surface area contributed by atoms with E-state index in [-0.39, 0.29) is 17.3 Å². The lowest BCUT2D eigenvalue weighted by molar-refractivity contribution is -0.383. The van der Waals surface area contributed by atoms with E-state index in [9.17, 15) is 15.4 Å². The van der Waals surface area contributed by atoms with Crippen molar-refractivity contribution in [1.29, 1.82) is 5.26 Å². The van der Waals surface area contributed by atoms with Crippen LogP contribution in [-0.2, 0) is 0 Å². The quantitative estimate of drug-likeness (QED) is 0.149. The van der Waals surface area contributed by atoms with Crippen molar-refractivity contribution in [3.8, 4) is 6.07 Å². The van der Waals surface area contributed by atoms with Crippen LogP contribution in [0.15, 0.2) is 73.1 Å². The third-order valence-corrected chi connectivity index (χ3v) is 6.94. The van der Waals surface area contributed by atoms with Crippen molar-refractivity contribution in [2.45, 2.75) is 19.8 Å². The Balaban J connectivity index is 1.51. The Morgan fingerprint density at radius 2 is 1.65 bits per heavy atom. The topological polar surface area (TPSA) is 130 Å². The summed E-state index contributed by atoms with van der Waals surface area (Å²) in [6.07, 6.45) is 1.24. The van der Waals surface area contributed by atoms with Gasteiger partial charge in [0, 0.05) is 26.8 Å². The van der Waals surface area contributed by atoms with Gasteiger partial charge in [0.1, 0.15) is 6.33 Å². The first kappa shape index (κ1) is 26.8. The number of nitriles is 1. The summed E-state index contributed by atoms with van der Waals surface area (Å²) in [5, 5.41) is 30.0. The predicted molar refractivity (Wildman–Crippen MR) is 157 cm³/mol. The molecule has 5 rings (SSSR count). The number of aromatic nitrogens is 3.